The maximum absolute atomic E-state index is 11.1. The van der Waals surface area contributed by atoms with E-state index in [9.17, 15) is 4.79 Å². The van der Waals surface area contributed by atoms with Gasteiger partial charge in [0.15, 0.2) is 0 Å². The maximum Gasteiger partial charge on any atom is 0.221 e. The SMILES string of the molecule is CC(NC(=O)CCCl)c1ncn[nH]1. The Morgan fingerprint density at radius 2 is 2.62 bits per heavy atom. The predicted octanol–water partition coefficient (Wildman–Crippen LogP) is 0.611. The number of rotatable bonds is 4. The van der Waals surface area contributed by atoms with Gasteiger partial charge in [-0.05, 0) is 6.92 Å². The molecule has 0 aliphatic rings. The molecule has 1 aromatic heterocycles. The van der Waals surface area contributed by atoms with Gasteiger partial charge in [0.25, 0.3) is 0 Å². The Morgan fingerprint density at radius 1 is 1.85 bits per heavy atom. The largest absolute Gasteiger partial charge is 0.346 e. The number of H-pyrrole nitrogens is 1. The zero-order valence-electron chi connectivity index (χ0n) is 7.25. The summed E-state index contributed by atoms with van der Waals surface area (Å²) in [5, 5.41) is 9.08. The molecule has 0 aliphatic heterocycles. The molecule has 0 spiro atoms. The average Bonchev–Trinajstić information content (AvgIpc) is 2.55. The summed E-state index contributed by atoms with van der Waals surface area (Å²) in [7, 11) is 0. The second-order valence-corrected chi connectivity index (χ2v) is 2.98. The summed E-state index contributed by atoms with van der Waals surface area (Å²) in [5.74, 6) is 0.886. The molecule has 1 aromatic rings. The highest BCUT2D eigenvalue weighted by molar-refractivity contribution is 6.18. The molecule has 1 amide bonds. The van der Waals surface area contributed by atoms with Gasteiger partial charge in [-0.3, -0.25) is 9.89 Å². The number of amides is 1. The number of hydrogen-bond acceptors (Lipinski definition) is 3. The normalized spacial score (nSPS) is 12.5. The molecule has 0 fully saturated rings. The van der Waals surface area contributed by atoms with Crippen LogP contribution in [0.1, 0.15) is 25.2 Å². The fourth-order valence-corrected chi connectivity index (χ4v) is 1.06. The van der Waals surface area contributed by atoms with Gasteiger partial charge in [0, 0.05) is 12.3 Å². The van der Waals surface area contributed by atoms with E-state index in [2.05, 4.69) is 20.5 Å². The minimum atomic E-state index is -0.154. The molecule has 1 atom stereocenters. The number of alkyl halides is 1. The number of carbonyl (C=O) groups excluding carboxylic acids is 1. The molecule has 0 radical (unpaired) electrons. The number of hydrogen-bond donors (Lipinski definition) is 2. The molecule has 0 aliphatic carbocycles. The summed E-state index contributed by atoms with van der Waals surface area (Å²) in [6, 6.07) is -0.154. The fraction of sp³-hybridized carbons (Fsp3) is 0.571. The molecular formula is C7H11ClN4O. The van der Waals surface area contributed by atoms with Crippen molar-refractivity contribution >= 4 is 17.5 Å². The van der Waals surface area contributed by atoms with Crippen molar-refractivity contribution in [2.75, 3.05) is 5.88 Å². The topological polar surface area (TPSA) is 70.7 Å². The Kier molecular flexibility index (Phi) is 3.70. The van der Waals surface area contributed by atoms with Crippen molar-refractivity contribution in [1.82, 2.24) is 20.5 Å². The lowest BCUT2D eigenvalue weighted by molar-refractivity contribution is -0.121. The number of nitrogens with one attached hydrogen (secondary N) is 2. The molecule has 2 N–H and O–H groups in total. The van der Waals surface area contributed by atoms with Gasteiger partial charge < -0.3 is 5.32 Å². The first-order chi connectivity index (χ1) is 6.24. The molecule has 72 valence electrons. The third-order valence-electron chi connectivity index (χ3n) is 1.54. The van der Waals surface area contributed by atoms with Gasteiger partial charge in [0.05, 0.1) is 6.04 Å². The highest BCUT2D eigenvalue weighted by atomic mass is 35.5. The Labute approximate surface area is 80.9 Å². The summed E-state index contributed by atoms with van der Waals surface area (Å²) in [5.41, 5.74) is 0. The first-order valence-corrected chi connectivity index (χ1v) is 4.48. The highest BCUT2D eigenvalue weighted by Gasteiger charge is 2.10. The molecule has 5 nitrogen and oxygen atoms in total. The Morgan fingerprint density at radius 3 is 3.15 bits per heavy atom. The average molecular weight is 203 g/mol. The lowest BCUT2D eigenvalue weighted by Crippen LogP contribution is -2.27. The van der Waals surface area contributed by atoms with Gasteiger partial charge in [-0.1, -0.05) is 0 Å². The zero-order valence-corrected chi connectivity index (χ0v) is 8.01. The van der Waals surface area contributed by atoms with Crippen LogP contribution in [0.2, 0.25) is 0 Å². The van der Waals surface area contributed by atoms with Crippen molar-refractivity contribution < 1.29 is 4.79 Å². The second kappa shape index (κ2) is 4.81. The van der Waals surface area contributed by atoms with E-state index in [1.54, 1.807) is 0 Å². The minimum Gasteiger partial charge on any atom is -0.346 e. The van der Waals surface area contributed by atoms with Crippen LogP contribution < -0.4 is 5.32 Å². The summed E-state index contributed by atoms with van der Waals surface area (Å²) < 4.78 is 0. The van der Waals surface area contributed by atoms with Crippen LogP contribution >= 0.6 is 11.6 Å². The van der Waals surface area contributed by atoms with Crippen molar-refractivity contribution in [3.8, 4) is 0 Å². The van der Waals surface area contributed by atoms with Crippen molar-refractivity contribution in [3.63, 3.8) is 0 Å². The second-order valence-electron chi connectivity index (χ2n) is 2.60. The van der Waals surface area contributed by atoms with Crippen LogP contribution in [0.15, 0.2) is 6.33 Å². The van der Waals surface area contributed by atoms with E-state index >= 15 is 0 Å². The summed E-state index contributed by atoms with van der Waals surface area (Å²) in [6.45, 7) is 1.83. The molecule has 1 heterocycles. The Hall–Kier alpha value is -1.10. The van der Waals surface area contributed by atoms with Crippen LogP contribution in [0.5, 0.6) is 0 Å². The lowest BCUT2D eigenvalue weighted by Gasteiger charge is -2.09. The Balaban J connectivity index is 2.42. The van der Waals surface area contributed by atoms with E-state index in [1.165, 1.54) is 6.33 Å². The van der Waals surface area contributed by atoms with Gasteiger partial charge in [-0.25, -0.2) is 4.98 Å². The smallest absolute Gasteiger partial charge is 0.221 e. The molecule has 0 saturated heterocycles. The Bertz CT molecular complexity index is 261. The van der Waals surface area contributed by atoms with Crippen LogP contribution in [-0.4, -0.2) is 27.0 Å². The van der Waals surface area contributed by atoms with Crippen LogP contribution in [0.25, 0.3) is 0 Å². The van der Waals surface area contributed by atoms with Crippen LogP contribution in [0.3, 0.4) is 0 Å². The summed E-state index contributed by atoms with van der Waals surface area (Å²) in [4.78, 5) is 15.0. The molecular weight excluding hydrogens is 192 g/mol. The molecule has 6 heteroatoms. The lowest BCUT2D eigenvalue weighted by atomic mass is 10.3. The highest BCUT2D eigenvalue weighted by Crippen LogP contribution is 2.03. The third-order valence-corrected chi connectivity index (χ3v) is 1.73. The number of carbonyl (C=O) groups is 1. The number of halogens is 1. The molecule has 13 heavy (non-hydrogen) atoms. The summed E-state index contributed by atoms with van der Waals surface area (Å²) >= 11 is 5.41. The van der Waals surface area contributed by atoms with Crippen molar-refractivity contribution in [2.24, 2.45) is 0 Å². The van der Waals surface area contributed by atoms with Gasteiger partial charge in [-0.2, -0.15) is 5.10 Å². The van der Waals surface area contributed by atoms with E-state index in [-0.39, 0.29) is 11.9 Å². The standard InChI is InChI=1S/C7H11ClN4O/c1-5(7-9-4-10-12-7)11-6(13)2-3-8/h4-5H,2-3H2,1H3,(H,11,13)(H,9,10,12). The third kappa shape index (κ3) is 3.02. The number of nitrogens with zero attached hydrogens (tertiary/aromatic N) is 2. The van der Waals surface area contributed by atoms with Gasteiger partial charge >= 0.3 is 0 Å². The minimum absolute atomic E-state index is 0.0844. The number of aromatic nitrogens is 3. The van der Waals surface area contributed by atoms with E-state index in [4.69, 9.17) is 11.6 Å². The first kappa shape index (κ1) is 9.98. The molecule has 0 aromatic carbocycles. The van der Waals surface area contributed by atoms with Crippen LogP contribution in [0.4, 0.5) is 0 Å². The van der Waals surface area contributed by atoms with Crippen molar-refractivity contribution in [1.29, 1.82) is 0 Å². The van der Waals surface area contributed by atoms with Gasteiger partial charge in [0.2, 0.25) is 5.91 Å². The van der Waals surface area contributed by atoms with E-state index in [0.29, 0.717) is 18.1 Å². The van der Waals surface area contributed by atoms with E-state index < -0.39 is 0 Å². The van der Waals surface area contributed by atoms with Crippen molar-refractivity contribution in [2.45, 2.75) is 19.4 Å². The van der Waals surface area contributed by atoms with E-state index in [0.717, 1.165) is 0 Å². The molecule has 1 rings (SSSR count). The fourth-order valence-electron chi connectivity index (χ4n) is 0.891. The first-order valence-electron chi connectivity index (χ1n) is 3.94. The van der Waals surface area contributed by atoms with Gasteiger partial charge in [-0.15, -0.1) is 11.6 Å². The predicted molar refractivity (Wildman–Crippen MR) is 48.3 cm³/mol. The molecule has 0 saturated carbocycles. The molecule has 1 unspecified atom stereocenters. The molecule has 0 bridgehead atoms. The number of aromatic amines is 1. The zero-order chi connectivity index (χ0) is 9.68. The van der Waals surface area contributed by atoms with E-state index in [1.807, 2.05) is 6.92 Å². The quantitative estimate of drug-likeness (QED) is 0.703. The summed E-state index contributed by atoms with van der Waals surface area (Å²) in [6.07, 6.45) is 1.72. The van der Waals surface area contributed by atoms with Crippen LogP contribution in [0, 0.1) is 0 Å². The van der Waals surface area contributed by atoms with Crippen LogP contribution in [-0.2, 0) is 4.79 Å². The van der Waals surface area contributed by atoms with Gasteiger partial charge in [0.1, 0.15) is 12.2 Å². The van der Waals surface area contributed by atoms with Crippen molar-refractivity contribution in [3.05, 3.63) is 12.2 Å². The monoisotopic (exact) mass is 202 g/mol. The maximum atomic E-state index is 11.1.